The molecular weight excluding hydrogens is 242 g/mol. The number of fused-ring (bicyclic) bond motifs is 1. The van der Waals surface area contributed by atoms with E-state index in [9.17, 15) is 0 Å². The van der Waals surface area contributed by atoms with Crippen molar-refractivity contribution in [3.63, 3.8) is 0 Å². The molecule has 1 N–H and O–H groups in total. The van der Waals surface area contributed by atoms with Crippen LogP contribution >= 0.6 is 0 Å². The zero-order valence-electron chi connectivity index (χ0n) is 12.4. The molecule has 0 aromatic heterocycles. The second-order valence-corrected chi connectivity index (χ2v) is 6.21. The van der Waals surface area contributed by atoms with E-state index in [1.807, 2.05) is 0 Å². The molecule has 1 nitrogen and oxygen atoms in total. The van der Waals surface area contributed by atoms with Crippen LogP contribution in [0.1, 0.15) is 36.5 Å². The lowest BCUT2D eigenvalue weighted by molar-refractivity contribution is 0.535. The molecule has 0 saturated heterocycles. The molecule has 1 heterocycles. The molecule has 1 atom stereocenters. The maximum atomic E-state index is 3.60. The van der Waals surface area contributed by atoms with E-state index in [1.165, 1.54) is 35.2 Å². The summed E-state index contributed by atoms with van der Waals surface area (Å²) in [7, 11) is 0. The van der Waals surface area contributed by atoms with Gasteiger partial charge in [0.05, 0.1) is 0 Å². The van der Waals surface area contributed by atoms with Gasteiger partial charge in [0.15, 0.2) is 0 Å². The summed E-state index contributed by atoms with van der Waals surface area (Å²) in [4.78, 5) is 0. The Labute approximate surface area is 122 Å². The fourth-order valence-electron chi connectivity index (χ4n) is 3.04. The van der Waals surface area contributed by atoms with E-state index in [0.717, 1.165) is 6.54 Å². The first-order valence-corrected chi connectivity index (χ1v) is 7.63. The second kappa shape index (κ2) is 5.70. The van der Waals surface area contributed by atoms with Crippen molar-refractivity contribution in [1.29, 1.82) is 0 Å². The molecule has 0 fully saturated rings. The monoisotopic (exact) mass is 265 g/mol. The normalized spacial score (nSPS) is 17.6. The van der Waals surface area contributed by atoms with Gasteiger partial charge in [0.2, 0.25) is 0 Å². The van der Waals surface area contributed by atoms with Crippen LogP contribution in [0, 0.1) is 5.92 Å². The maximum Gasteiger partial charge on any atom is 0.0373 e. The van der Waals surface area contributed by atoms with E-state index in [2.05, 4.69) is 67.7 Å². The largest absolute Gasteiger partial charge is 0.385 e. The number of benzene rings is 2. The standard InChI is InChI=1S/C19H23N/c1-14(2)17-8-9-19-18(12-17)11-16(13-20-19)10-15-6-4-3-5-7-15/h3-9,12,14,16,20H,10-11,13H2,1-2H3. The summed E-state index contributed by atoms with van der Waals surface area (Å²) >= 11 is 0. The van der Waals surface area contributed by atoms with Gasteiger partial charge in [-0.2, -0.15) is 0 Å². The third kappa shape index (κ3) is 2.87. The summed E-state index contributed by atoms with van der Waals surface area (Å²) in [6.45, 7) is 5.61. The molecule has 20 heavy (non-hydrogen) atoms. The lowest BCUT2D eigenvalue weighted by Gasteiger charge is -2.27. The first-order chi connectivity index (χ1) is 9.72. The molecule has 1 aliphatic rings. The molecule has 3 rings (SSSR count). The third-order valence-corrected chi connectivity index (χ3v) is 4.25. The Kier molecular flexibility index (Phi) is 3.77. The minimum Gasteiger partial charge on any atom is -0.385 e. The van der Waals surface area contributed by atoms with Gasteiger partial charge in [-0.15, -0.1) is 0 Å². The quantitative estimate of drug-likeness (QED) is 0.852. The molecule has 1 unspecified atom stereocenters. The molecule has 0 saturated carbocycles. The summed E-state index contributed by atoms with van der Waals surface area (Å²) in [6.07, 6.45) is 2.36. The Hall–Kier alpha value is -1.76. The number of anilines is 1. The molecule has 1 aliphatic heterocycles. The van der Waals surface area contributed by atoms with Crippen LogP contribution in [-0.4, -0.2) is 6.54 Å². The Balaban J connectivity index is 1.75. The maximum absolute atomic E-state index is 3.60. The predicted octanol–water partition coefficient (Wildman–Crippen LogP) is 4.64. The Bertz CT molecular complexity index is 572. The molecule has 2 aromatic carbocycles. The molecule has 104 valence electrons. The van der Waals surface area contributed by atoms with Crippen molar-refractivity contribution in [1.82, 2.24) is 0 Å². The summed E-state index contributed by atoms with van der Waals surface area (Å²) in [5.41, 5.74) is 5.72. The van der Waals surface area contributed by atoms with Crippen LogP contribution in [0.5, 0.6) is 0 Å². The molecule has 0 aliphatic carbocycles. The van der Waals surface area contributed by atoms with Crippen LogP contribution in [0.3, 0.4) is 0 Å². The zero-order valence-corrected chi connectivity index (χ0v) is 12.4. The van der Waals surface area contributed by atoms with Gasteiger partial charge in [-0.1, -0.05) is 56.3 Å². The molecule has 0 amide bonds. The highest BCUT2D eigenvalue weighted by Gasteiger charge is 2.19. The van der Waals surface area contributed by atoms with Gasteiger partial charge in [-0.3, -0.25) is 0 Å². The number of hydrogen-bond acceptors (Lipinski definition) is 1. The van der Waals surface area contributed by atoms with E-state index in [-0.39, 0.29) is 0 Å². The SMILES string of the molecule is CC(C)c1ccc2c(c1)CC(Cc1ccccc1)CN2. The van der Waals surface area contributed by atoms with Crippen LogP contribution in [-0.2, 0) is 12.8 Å². The minimum atomic E-state index is 0.606. The van der Waals surface area contributed by atoms with Crippen molar-refractivity contribution in [2.45, 2.75) is 32.6 Å². The highest BCUT2D eigenvalue weighted by molar-refractivity contribution is 5.55. The third-order valence-electron chi connectivity index (χ3n) is 4.25. The number of rotatable bonds is 3. The lowest BCUT2D eigenvalue weighted by Crippen LogP contribution is -2.25. The van der Waals surface area contributed by atoms with Gasteiger partial charge in [0, 0.05) is 12.2 Å². The fourth-order valence-corrected chi connectivity index (χ4v) is 3.04. The molecule has 0 radical (unpaired) electrons. The van der Waals surface area contributed by atoms with E-state index in [0.29, 0.717) is 11.8 Å². The summed E-state index contributed by atoms with van der Waals surface area (Å²) < 4.78 is 0. The Morgan fingerprint density at radius 1 is 1.10 bits per heavy atom. The highest BCUT2D eigenvalue weighted by Crippen LogP contribution is 2.29. The topological polar surface area (TPSA) is 12.0 Å². The average Bonchev–Trinajstić information content (AvgIpc) is 2.47. The first-order valence-electron chi connectivity index (χ1n) is 7.63. The van der Waals surface area contributed by atoms with E-state index >= 15 is 0 Å². The van der Waals surface area contributed by atoms with Gasteiger partial charge in [-0.25, -0.2) is 0 Å². The van der Waals surface area contributed by atoms with E-state index < -0.39 is 0 Å². The van der Waals surface area contributed by atoms with Gasteiger partial charge in [0.25, 0.3) is 0 Å². The van der Waals surface area contributed by atoms with Gasteiger partial charge >= 0.3 is 0 Å². The Morgan fingerprint density at radius 3 is 2.65 bits per heavy atom. The number of hydrogen-bond donors (Lipinski definition) is 1. The predicted molar refractivity (Wildman–Crippen MR) is 86.4 cm³/mol. The molecule has 0 spiro atoms. The van der Waals surface area contributed by atoms with Crippen molar-refractivity contribution in [3.8, 4) is 0 Å². The fraction of sp³-hybridized carbons (Fsp3) is 0.368. The lowest BCUT2D eigenvalue weighted by atomic mass is 9.87. The van der Waals surface area contributed by atoms with Crippen LogP contribution in [0.4, 0.5) is 5.69 Å². The summed E-state index contributed by atoms with van der Waals surface area (Å²) in [5, 5.41) is 3.60. The smallest absolute Gasteiger partial charge is 0.0373 e. The molecule has 0 bridgehead atoms. The second-order valence-electron chi connectivity index (χ2n) is 6.21. The first kappa shape index (κ1) is 13.2. The zero-order chi connectivity index (χ0) is 13.9. The van der Waals surface area contributed by atoms with E-state index in [4.69, 9.17) is 0 Å². The molecule has 1 heteroatoms. The van der Waals surface area contributed by atoms with Gasteiger partial charge in [-0.05, 0) is 47.4 Å². The summed E-state index contributed by atoms with van der Waals surface area (Å²) in [6, 6.07) is 17.7. The molecular formula is C19H23N. The highest BCUT2D eigenvalue weighted by atomic mass is 14.9. The van der Waals surface area contributed by atoms with Crippen molar-refractivity contribution < 1.29 is 0 Å². The van der Waals surface area contributed by atoms with Crippen molar-refractivity contribution >= 4 is 5.69 Å². The minimum absolute atomic E-state index is 0.606. The van der Waals surface area contributed by atoms with Crippen LogP contribution in [0.25, 0.3) is 0 Å². The summed E-state index contributed by atoms with van der Waals surface area (Å²) in [5.74, 6) is 1.31. The van der Waals surface area contributed by atoms with Gasteiger partial charge < -0.3 is 5.32 Å². The van der Waals surface area contributed by atoms with Crippen LogP contribution in [0.15, 0.2) is 48.5 Å². The van der Waals surface area contributed by atoms with E-state index in [1.54, 1.807) is 0 Å². The molecule has 2 aromatic rings. The number of nitrogens with one attached hydrogen (secondary N) is 1. The van der Waals surface area contributed by atoms with Crippen LogP contribution in [0.2, 0.25) is 0 Å². The van der Waals surface area contributed by atoms with Crippen molar-refractivity contribution in [2.24, 2.45) is 5.92 Å². The van der Waals surface area contributed by atoms with Crippen LogP contribution < -0.4 is 5.32 Å². The van der Waals surface area contributed by atoms with Crippen molar-refractivity contribution in [3.05, 3.63) is 65.2 Å². The Morgan fingerprint density at radius 2 is 1.90 bits per heavy atom. The average molecular weight is 265 g/mol. The van der Waals surface area contributed by atoms with Gasteiger partial charge in [0.1, 0.15) is 0 Å². The van der Waals surface area contributed by atoms with Crippen molar-refractivity contribution in [2.75, 3.05) is 11.9 Å².